The van der Waals surface area contributed by atoms with Gasteiger partial charge in [0.2, 0.25) is 5.95 Å². The number of hydrogen-bond donors (Lipinski definition) is 2. The summed E-state index contributed by atoms with van der Waals surface area (Å²) in [5.74, 6) is 0.0488. The van der Waals surface area contributed by atoms with Crippen LogP contribution in [0.1, 0.15) is 38.9 Å². The van der Waals surface area contributed by atoms with Crippen molar-refractivity contribution in [2.45, 2.75) is 20.4 Å². The highest BCUT2D eigenvalue weighted by molar-refractivity contribution is 5.94. The molecule has 1 heterocycles. The lowest BCUT2D eigenvalue weighted by Gasteiger charge is -2.08. The van der Waals surface area contributed by atoms with Crippen molar-refractivity contribution in [3.63, 3.8) is 0 Å². The van der Waals surface area contributed by atoms with Gasteiger partial charge in [-0.1, -0.05) is 29.8 Å². The van der Waals surface area contributed by atoms with Gasteiger partial charge in [-0.05, 0) is 49.7 Å². The summed E-state index contributed by atoms with van der Waals surface area (Å²) in [6, 6.07) is 16.5. The van der Waals surface area contributed by atoms with E-state index >= 15 is 0 Å². The van der Waals surface area contributed by atoms with Crippen molar-refractivity contribution in [2.24, 2.45) is 0 Å². The first-order valence-corrected chi connectivity index (χ1v) is 8.56. The molecule has 0 radical (unpaired) electrons. The number of Topliss-reactive ketones (excluding diaryl/α,β-unsaturated/α-hetero) is 1. The van der Waals surface area contributed by atoms with Crippen LogP contribution in [0.25, 0.3) is 0 Å². The molecule has 0 unspecified atom stereocenters. The predicted octanol–water partition coefficient (Wildman–Crippen LogP) is 3.66. The Morgan fingerprint density at radius 3 is 2.52 bits per heavy atom. The number of aromatic nitrogens is 2. The number of ketones is 1. The molecule has 6 nitrogen and oxygen atoms in total. The van der Waals surface area contributed by atoms with E-state index in [0.29, 0.717) is 18.1 Å². The zero-order chi connectivity index (χ0) is 19.2. The van der Waals surface area contributed by atoms with E-state index in [1.807, 2.05) is 31.2 Å². The van der Waals surface area contributed by atoms with E-state index in [1.165, 1.54) is 13.1 Å². The number of carbonyl (C=O) groups is 2. The molecule has 0 saturated carbocycles. The van der Waals surface area contributed by atoms with E-state index in [-0.39, 0.29) is 17.4 Å². The second-order valence-corrected chi connectivity index (χ2v) is 6.20. The maximum absolute atomic E-state index is 12.4. The van der Waals surface area contributed by atoms with E-state index < -0.39 is 0 Å². The van der Waals surface area contributed by atoms with Gasteiger partial charge in [-0.15, -0.1) is 0 Å². The average Bonchev–Trinajstić information content (AvgIpc) is 2.67. The fourth-order valence-corrected chi connectivity index (χ4v) is 2.56. The van der Waals surface area contributed by atoms with Crippen molar-refractivity contribution >= 4 is 23.3 Å². The lowest BCUT2D eigenvalue weighted by Crippen LogP contribution is -2.24. The average molecular weight is 360 g/mol. The third kappa shape index (κ3) is 4.98. The number of nitrogens with one attached hydrogen (secondary N) is 2. The number of carbonyl (C=O) groups excluding carboxylic acids is 2. The van der Waals surface area contributed by atoms with E-state index in [0.717, 1.165) is 16.8 Å². The van der Waals surface area contributed by atoms with Crippen LogP contribution in [0.15, 0.2) is 60.8 Å². The number of hydrogen-bond acceptors (Lipinski definition) is 5. The molecule has 3 aromatic rings. The quantitative estimate of drug-likeness (QED) is 0.656. The van der Waals surface area contributed by atoms with Crippen LogP contribution in [0, 0.1) is 6.92 Å². The summed E-state index contributed by atoms with van der Waals surface area (Å²) < 4.78 is 0. The molecule has 0 bridgehead atoms. The predicted molar refractivity (Wildman–Crippen MR) is 104 cm³/mol. The molecule has 1 amide bonds. The molecule has 1 aromatic heterocycles. The van der Waals surface area contributed by atoms with Crippen LogP contribution >= 0.6 is 0 Å². The van der Waals surface area contributed by atoms with Crippen LogP contribution in [0.2, 0.25) is 0 Å². The minimum Gasteiger partial charge on any atom is -0.347 e. The number of anilines is 2. The Hall–Kier alpha value is -3.54. The Morgan fingerprint density at radius 1 is 1.04 bits per heavy atom. The van der Waals surface area contributed by atoms with Gasteiger partial charge in [-0.2, -0.15) is 0 Å². The zero-order valence-electron chi connectivity index (χ0n) is 15.2. The van der Waals surface area contributed by atoms with Crippen molar-refractivity contribution in [3.8, 4) is 0 Å². The molecule has 0 saturated heterocycles. The number of nitrogens with zero attached hydrogens (tertiary/aromatic N) is 2. The first-order chi connectivity index (χ1) is 13.0. The van der Waals surface area contributed by atoms with Gasteiger partial charge in [0, 0.05) is 24.0 Å². The van der Waals surface area contributed by atoms with Crippen molar-refractivity contribution < 1.29 is 9.59 Å². The lowest BCUT2D eigenvalue weighted by atomic mass is 10.1. The van der Waals surface area contributed by atoms with Crippen molar-refractivity contribution in [2.75, 3.05) is 5.32 Å². The van der Waals surface area contributed by atoms with E-state index in [1.54, 1.807) is 30.3 Å². The Balaban J connectivity index is 1.65. The summed E-state index contributed by atoms with van der Waals surface area (Å²) in [7, 11) is 0. The van der Waals surface area contributed by atoms with Crippen LogP contribution in [0.4, 0.5) is 11.6 Å². The van der Waals surface area contributed by atoms with Gasteiger partial charge in [-0.3, -0.25) is 9.59 Å². The fourth-order valence-electron chi connectivity index (χ4n) is 2.56. The topological polar surface area (TPSA) is 84.0 Å². The summed E-state index contributed by atoms with van der Waals surface area (Å²) in [5, 5.41) is 5.89. The second kappa shape index (κ2) is 8.23. The van der Waals surface area contributed by atoms with Crippen LogP contribution in [0.3, 0.4) is 0 Å². The monoisotopic (exact) mass is 360 g/mol. The Labute approximate surface area is 157 Å². The van der Waals surface area contributed by atoms with Crippen LogP contribution in [-0.2, 0) is 6.54 Å². The normalized spacial score (nSPS) is 10.3. The molecular weight excluding hydrogens is 340 g/mol. The lowest BCUT2D eigenvalue weighted by molar-refractivity contribution is 0.0945. The van der Waals surface area contributed by atoms with Crippen molar-refractivity contribution in [1.82, 2.24) is 15.3 Å². The molecule has 0 aliphatic heterocycles. The number of aryl methyl sites for hydroxylation is 1. The Morgan fingerprint density at radius 2 is 1.81 bits per heavy atom. The zero-order valence-corrected chi connectivity index (χ0v) is 15.2. The molecule has 3 rings (SSSR count). The maximum atomic E-state index is 12.4. The number of benzene rings is 2. The van der Waals surface area contributed by atoms with E-state index in [2.05, 4.69) is 20.6 Å². The van der Waals surface area contributed by atoms with Gasteiger partial charge in [0.1, 0.15) is 5.69 Å². The standard InChI is InChI=1S/C21H20N4O2/c1-14-4-3-5-16(12-14)13-23-20(27)19-10-11-22-21(25-19)24-18-8-6-17(7-9-18)15(2)26/h3-12H,13H2,1-2H3,(H,23,27)(H,22,24,25). The second-order valence-electron chi connectivity index (χ2n) is 6.20. The Bertz CT molecular complexity index is 968. The molecule has 136 valence electrons. The van der Waals surface area contributed by atoms with E-state index in [9.17, 15) is 9.59 Å². The maximum Gasteiger partial charge on any atom is 0.270 e. The summed E-state index contributed by atoms with van der Waals surface area (Å²) in [6.45, 7) is 3.96. The molecule has 0 aliphatic carbocycles. The summed E-state index contributed by atoms with van der Waals surface area (Å²) in [5.41, 5.74) is 3.82. The first-order valence-electron chi connectivity index (χ1n) is 8.56. The SMILES string of the molecule is CC(=O)c1ccc(Nc2nccc(C(=O)NCc3cccc(C)c3)n2)cc1. The molecule has 0 aliphatic rings. The highest BCUT2D eigenvalue weighted by Crippen LogP contribution is 2.14. The summed E-state index contributed by atoms with van der Waals surface area (Å²) in [6.07, 6.45) is 1.53. The smallest absolute Gasteiger partial charge is 0.270 e. The highest BCUT2D eigenvalue weighted by atomic mass is 16.1. The Kier molecular flexibility index (Phi) is 5.56. The van der Waals surface area contributed by atoms with Gasteiger partial charge < -0.3 is 10.6 Å². The molecule has 0 spiro atoms. The third-order valence-electron chi connectivity index (χ3n) is 3.97. The van der Waals surface area contributed by atoms with Gasteiger partial charge in [0.15, 0.2) is 5.78 Å². The largest absolute Gasteiger partial charge is 0.347 e. The minimum absolute atomic E-state index is 0.00470. The van der Waals surface area contributed by atoms with Gasteiger partial charge in [0.25, 0.3) is 5.91 Å². The van der Waals surface area contributed by atoms with Crippen LogP contribution in [0.5, 0.6) is 0 Å². The van der Waals surface area contributed by atoms with Gasteiger partial charge in [0.05, 0.1) is 0 Å². The molecule has 0 fully saturated rings. The van der Waals surface area contributed by atoms with Crippen LogP contribution < -0.4 is 10.6 Å². The van der Waals surface area contributed by atoms with Crippen molar-refractivity contribution in [1.29, 1.82) is 0 Å². The summed E-state index contributed by atoms with van der Waals surface area (Å²) in [4.78, 5) is 32.1. The molecule has 27 heavy (non-hydrogen) atoms. The molecule has 6 heteroatoms. The molecular formula is C21H20N4O2. The summed E-state index contributed by atoms with van der Waals surface area (Å²) >= 11 is 0. The van der Waals surface area contributed by atoms with Gasteiger partial charge in [-0.25, -0.2) is 9.97 Å². The van der Waals surface area contributed by atoms with Gasteiger partial charge >= 0.3 is 0 Å². The molecule has 2 aromatic carbocycles. The highest BCUT2D eigenvalue weighted by Gasteiger charge is 2.09. The van der Waals surface area contributed by atoms with Crippen LogP contribution in [-0.4, -0.2) is 21.7 Å². The molecule has 0 atom stereocenters. The number of rotatable bonds is 6. The first kappa shape index (κ1) is 18.3. The van der Waals surface area contributed by atoms with Crippen molar-refractivity contribution in [3.05, 3.63) is 83.2 Å². The number of amides is 1. The molecule has 2 N–H and O–H groups in total. The fraction of sp³-hybridized carbons (Fsp3) is 0.143. The minimum atomic E-state index is -0.270. The van der Waals surface area contributed by atoms with E-state index in [4.69, 9.17) is 0 Å². The third-order valence-corrected chi connectivity index (χ3v) is 3.97.